The minimum Gasteiger partial charge on any atom is -0.496 e. The first-order chi connectivity index (χ1) is 13.2. The van der Waals surface area contributed by atoms with E-state index in [-0.39, 0.29) is 5.56 Å². The van der Waals surface area contributed by atoms with Crippen LogP contribution in [0.1, 0.15) is 15.9 Å². The molecule has 3 rings (SSSR count). The molecule has 0 atom stereocenters. The van der Waals surface area contributed by atoms with Crippen molar-refractivity contribution in [3.8, 4) is 5.75 Å². The molecule has 0 bridgehead atoms. The monoisotopic (exact) mass is 364 g/mol. The number of nitrogens with zero attached hydrogens (tertiary/aromatic N) is 2. The molecule has 3 aromatic rings. The molecule has 0 aliphatic rings. The van der Waals surface area contributed by atoms with Crippen LogP contribution in [-0.4, -0.2) is 34.7 Å². The van der Waals surface area contributed by atoms with Gasteiger partial charge in [0.2, 0.25) is 5.95 Å². The molecule has 0 aliphatic heterocycles. The van der Waals surface area contributed by atoms with Crippen LogP contribution in [0, 0.1) is 0 Å². The fourth-order valence-electron chi connectivity index (χ4n) is 2.61. The maximum Gasteiger partial charge on any atom is 0.335 e. The molecule has 0 unspecified atom stereocenters. The van der Waals surface area contributed by atoms with Gasteiger partial charge in [-0.1, -0.05) is 24.3 Å². The largest absolute Gasteiger partial charge is 0.496 e. The Hall–Kier alpha value is -3.61. The first kappa shape index (κ1) is 18.2. The summed E-state index contributed by atoms with van der Waals surface area (Å²) < 4.78 is 5.35. The summed E-state index contributed by atoms with van der Waals surface area (Å²) in [6, 6.07) is 16.1. The lowest BCUT2D eigenvalue weighted by Gasteiger charge is -2.10. The predicted octanol–water partition coefficient (Wildman–Crippen LogP) is 3.58. The van der Waals surface area contributed by atoms with E-state index in [9.17, 15) is 4.79 Å². The van der Waals surface area contributed by atoms with E-state index in [4.69, 9.17) is 9.84 Å². The predicted molar refractivity (Wildman–Crippen MR) is 104 cm³/mol. The highest BCUT2D eigenvalue weighted by atomic mass is 16.5. The fourth-order valence-corrected chi connectivity index (χ4v) is 2.61. The van der Waals surface area contributed by atoms with Crippen LogP contribution in [0.2, 0.25) is 0 Å². The molecule has 2 aromatic carbocycles. The summed E-state index contributed by atoms with van der Waals surface area (Å²) in [6.07, 6.45) is 2.41. The van der Waals surface area contributed by atoms with Gasteiger partial charge in [0.1, 0.15) is 11.6 Å². The first-order valence-electron chi connectivity index (χ1n) is 8.45. The van der Waals surface area contributed by atoms with Gasteiger partial charge >= 0.3 is 5.97 Å². The molecular formula is C20H20N4O3. The van der Waals surface area contributed by atoms with Crippen LogP contribution in [0.25, 0.3) is 0 Å². The molecule has 7 heteroatoms. The summed E-state index contributed by atoms with van der Waals surface area (Å²) >= 11 is 0. The number of para-hydroxylation sites is 1. The number of carboxylic acid groups (broad SMARTS) is 1. The molecule has 7 nitrogen and oxygen atoms in total. The Morgan fingerprint density at radius 2 is 2.00 bits per heavy atom. The van der Waals surface area contributed by atoms with Crippen molar-refractivity contribution in [2.24, 2.45) is 0 Å². The molecule has 0 fully saturated rings. The molecule has 3 N–H and O–H groups in total. The average Bonchev–Trinajstić information content (AvgIpc) is 2.69. The van der Waals surface area contributed by atoms with Crippen molar-refractivity contribution >= 4 is 23.4 Å². The van der Waals surface area contributed by atoms with E-state index >= 15 is 0 Å². The number of hydrogen-bond donors (Lipinski definition) is 3. The number of benzene rings is 2. The Morgan fingerprint density at radius 1 is 1.15 bits per heavy atom. The maximum atomic E-state index is 11.1. The second-order valence-corrected chi connectivity index (χ2v) is 5.77. The Kier molecular flexibility index (Phi) is 5.84. The Morgan fingerprint density at radius 3 is 2.81 bits per heavy atom. The molecule has 1 aromatic heterocycles. The number of nitrogens with one attached hydrogen (secondary N) is 2. The quantitative estimate of drug-likeness (QED) is 0.562. The highest BCUT2D eigenvalue weighted by molar-refractivity contribution is 5.89. The van der Waals surface area contributed by atoms with Gasteiger partial charge in [-0.05, 0) is 42.3 Å². The Balaban J connectivity index is 1.62. The number of carboxylic acids is 1. The topological polar surface area (TPSA) is 96.4 Å². The first-order valence-corrected chi connectivity index (χ1v) is 8.45. The number of rotatable bonds is 8. The van der Waals surface area contributed by atoms with Gasteiger partial charge in [-0.15, -0.1) is 0 Å². The van der Waals surface area contributed by atoms with Crippen LogP contribution in [0.5, 0.6) is 5.75 Å². The molecule has 0 saturated heterocycles. The summed E-state index contributed by atoms with van der Waals surface area (Å²) in [4.78, 5) is 19.7. The molecule has 0 amide bonds. The van der Waals surface area contributed by atoms with Gasteiger partial charge in [0.15, 0.2) is 0 Å². The number of ether oxygens (including phenoxy) is 1. The lowest BCUT2D eigenvalue weighted by Crippen LogP contribution is -2.09. The summed E-state index contributed by atoms with van der Waals surface area (Å²) in [5.41, 5.74) is 1.96. The molecule has 0 radical (unpaired) electrons. The number of aromatic nitrogens is 2. The Labute approximate surface area is 157 Å². The molecule has 0 saturated carbocycles. The van der Waals surface area contributed by atoms with E-state index in [2.05, 4.69) is 20.6 Å². The summed E-state index contributed by atoms with van der Waals surface area (Å²) in [5.74, 6) is 0.950. The number of methoxy groups -OCH3 is 1. The second-order valence-electron chi connectivity index (χ2n) is 5.77. The van der Waals surface area contributed by atoms with Crippen molar-refractivity contribution in [3.63, 3.8) is 0 Å². The number of hydrogen-bond acceptors (Lipinski definition) is 6. The van der Waals surface area contributed by atoms with Crippen LogP contribution in [0.4, 0.5) is 17.5 Å². The summed E-state index contributed by atoms with van der Waals surface area (Å²) in [6.45, 7) is 0.651. The van der Waals surface area contributed by atoms with Crippen LogP contribution >= 0.6 is 0 Å². The minimum atomic E-state index is -0.972. The molecule has 27 heavy (non-hydrogen) atoms. The molecule has 0 spiro atoms. The zero-order valence-electron chi connectivity index (χ0n) is 14.8. The van der Waals surface area contributed by atoms with Gasteiger partial charge < -0.3 is 20.5 Å². The lowest BCUT2D eigenvalue weighted by molar-refractivity contribution is 0.0697. The zero-order valence-corrected chi connectivity index (χ0v) is 14.8. The van der Waals surface area contributed by atoms with Crippen molar-refractivity contribution in [2.75, 3.05) is 24.3 Å². The Bertz CT molecular complexity index is 930. The lowest BCUT2D eigenvalue weighted by atomic mass is 10.1. The van der Waals surface area contributed by atoms with E-state index < -0.39 is 5.97 Å². The van der Waals surface area contributed by atoms with Crippen LogP contribution in [0.3, 0.4) is 0 Å². The van der Waals surface area contributed by atoms with Crippen molar-refractivity contribution < 1.29 is 14.6 Å². The molecule has 1 heterocycles. The number of aromatic carboxylic acids is 1. The normalized spacial score (nSPS) is 10.3. The molecular weight excluding hydrogens is 344 g/mol. The van der Waals surface area contributed by atoms with Gasteiger partial charge in [0.25, 0.3) is 0 Å². The smallest absolute Gasteiger partial charge is 0.335 e. The average molecular weight is 364 g/mol. The fraction of sp³-hybridized carbons (Fsp3) is 0.150. The van der Waals surface area contributed by atoms with E-state index in [1.54, 1.807) is 43.6 Å². The van der Waals surface area contributed by atoms with Crippen molar-refractivity contribution in [3.05, 3.63) is 71.9 Å². The third-order valence-corrected chi connectivity index (χ3v) is 3.91. The van der Waals surface area contributed by atoms with Crippen molar-refractivity contribution in [1.82, 2.24) is 9.97 Å². The van der Waals surface area contributed by atoms with Crippen LogP contribution < -0.4 is 15.4 Å². The third kappa shape index (κ3) is 4.94. The number of anilines is 3. The standard InChI is InChI=1S/C20H20N4O3/c1-27-17-8-3-2-5-14(17)9-11-21-20-22-12-10-18(24-20)23-16-7-4-6-15(13-16)19(25)26/h2-8,10,12-13H,9,11H2,1H3,(H,25,26)(H2,21,22,23,24). The van der Waals surface area contributed by atoms with Gasteiger partial charge in [-0.25, -0.2) is 9.78 Å². The highest BCUT2D eigenvalue weighted by Gasteiger charge is 2.05. The molecule has 138 valence electrons. The van der Waals surface area contributed by atoms with E-state index in [0.29, 0.717) is 24.0 Å². The highest BCUT2D eigenvalue weighted by Crippen LogP contribution is 2.19. The van der Waals surface area contributed by atoms with Crippen LogP contribution in [0.15, 0.2) is 60.8 Å². The second kappa shape index (κ2) is 8.66. The summed E-state index contributed by atoms with van der Waals surface area (Å²) in [5, 5.41) is 15.4. The van der Waals surface area contributed by atoms with Gasteiger partial charge in [0.05, 0.1) is 12.7 Å². The summed E-state index contributed by atoms with van der Waals surface area (Å²) in [7, 11) is 1.66. The van der Waals surface area contributed by atoms with Crippen LogP contribution in [-0.2, 0) is 6.42 Å². The third-order valence-electron chi connectivity index (χ3n) is 3.91. The maximum absolute atomic E-state index is 11.1. The van der Waals surface area contributed by atoms with Gasteiger partial charge in [-0.2, -0.15) is 4.98 Å². The van der Waals surface area contributed by atoms with Crippen molar-refractivity contribution in [1.29, 1.82) is 0 Å². The van der Waals surface area contributed by atoms with E-state index in [1.807, 2.05) is 24.3 Å². The number of carbonyl (C=O) groups is 1. The van der Waals surface area contributed by atoms with E-state index in [1.165, 1.54) is 0 Å². The van der Waals surface area contributed by atoms with Crippen molar-refractivity contribution in [2.45, 2.75) is 6.42 Å². The van der Waals surface area contributed by atoms with Gasteiger partial charge in [-0.3, -0.25) is 0 Å². The zero-order chi connectivity index (χ0) is 19.1. The van der Waals surface area contributed by atoms with Gasteiger partial charge in [0, 0.05) is 18.4 Å². The minimum absolute atomic E-state index is 0.212. The SMILES string of the molecule is COc1ccccc1CCNc1nccc(Nc2cccc(C(=O)O)c2)n1. The van der Waals surface area contributed by atoms with E-state index in [0.717, 1.165) is 17.7 Å². The molecule has 0 aliphatic carbocycles.